The topological polar surface area (TPSA) is 193 Å². The molecule has 0 saturated heterocycles. The Morgan fingerprint density at radius 2 is 1.51 bits per heavy atom. The van der Waals surface area contributed by atoms with Gasteiger partial charge in [-0.1, -0.05) is 5.16 Å². The number of aromatic nitrogens is 3. The van der Waals surface area contributed by atoms with Crippen LogP contribution in [0.1, 0.15) is 79.4 Å². The van der Waals surface area contributed by atoms with Crippen molar-refractivity contribution in [3.63, 3.8) is 0 Å². The Labute approximate surface area is 299 Å². The van der Waals surface area contributed by atoms with Crippen LogP contribution in [0.2, 0.25) is 0 Å². The van der Waals surface area contributed by atoms with Crippen LogP contribution in [0.15, 0.2) is 34.8 Å². The number of aliphatic carboxylic acids is 1. The molecule has 4 rings (SSSR count). The molecular formula is C34H44N6O10S. The van der Waals surface area contributed by atoms with Crippen molar-refractivity contribution in [1.29, 1.82) is 0 Å². The number of amides is 2. The number of hydrogen-bond donors (Lipinski definition) is 2. The van der Waals surface area contributed by atoms with Gasteiger partial charge in [-0.15, -0.1) is 11.3 Å². The zero-order chi connectivity index (χ0) is 37.7. The molecule has 0 atom stereocenters. The van der Waals surface area contributed by atoms with Gasteiger partial charge in [0.05, 0.1) is 17.9 Å². The summed E-state index contributed by atoms with van der Waals surface area (Å²) in [6.45, 7) is 16.3. The highest BCUT2D eigenvalue weighted by atomic mass is 32.1. The Morgan fingerprint density at radius 1 is 0.882 bits per heavy atom. The first-order valence-electron chi connectivity index (χ1n) is 16.1. The number of nitrogens with zero attached hydrogens (tertiary/aromatic N) is 5. The first kappa shape index (κ1) is 38.6. The van der Waals surface area contributed by atoms with Crippen LogP contribution in [-0.4, -0.2) is 91.1 Å². The van der Waals surface area contributed by atoms with E-state index in [0.717, 1.165) is 11.3 Å². The molecule has 1 aliphatic heterocycles. The van der Waals surface area contributed by atoms with Crippen LogP contribution in [0.3, 0.4) is 0 Å². The number of carbonyl (C=O) groups is 4. The number of carboxylic acid groups (broad SMARTS) is 1. The van der Waals surface area contributed by atoms with E-state index >= 15 is 0 Å². The Kier molecular flexibility index (Phi) is 11.6. The van der Waals surface area contributed by atoms with Gasteiger partial charge in [0.1, 0.15) is 40.7 Å². The SMILES string of the molecule is CC(C)(C)OC(=O)Nc1nc(C(=NOCCOc2ccc(-c3nc4c(n3C(=O)OC(C)(C)C)CN(C(=O)OC(C)(C)C)CC4)cc2)C(=O)O)cs1. The summed E-state index contributed by atoms with van der Waals surface area (Å²) in [6.07, 6.45) is -1.40. The number of imidazole rings is 1. The minimum absolute atomic E-state index is 0.000893. The minimum atomic E-state index is -1.37. The van der Waals surface area contributed by atoms with Crippen LogP contribution in [0.5, 0.6) is 5.75 Å². The molecule has 2 N–H and O–H groups in total. The zero-order valence-corrected chi connectivity index (χ0v) is 31.0. The lowest BCUT2D eigenvalue weighted by molar-refractivity contribution is -0.129. The van der Waals surface area contributed by atoms with Crippen molar-refractivity contribution in [2.45, 2.75) is 92.1 Å². The van der Waals surface area contributed by atoms with E-state index in [2.05, 4.69) is 15.5 Å². The molecule has 0 radical (unpaired) electrons. The monoisotopic (exact) mass is 728 g/mol. The van der Waals surface area contributed by atoms with Gasteiger partial charge in [-0.05, 0) is 86.6 Å². The van der Waals surface area contributed by atoms with Crippen LogP contribution in [0.25, 0.3) is 11.4 Å². The summed E-state index contributed by atoms with van der Waals surface area (Å²) < 4.78 is 23.6. The summed E-state index contributed by atoms with van der Waals surface area (Å²) >= 11 is 1.01. The number of carboxylic acids is 1. The van der Waals surface area contributed by atoms with E-state index in [1.807, 2.05) is 0 Å². The number of hydrogen-bond acceptors (Lipinski definition) is 13. The number of carbonyl (C=O) groups excluding carboxylic acids is 3. The third-order valence-corrected chi connectivity index (χ3v) is 7.27. The van der Waals surface area contributed by atoms with E-state index in [1.165, 1.54) is 9.95 Å². The second kappa shape index (κ2) is 15.4. The van der Waals surface area contributed by atoms with Crippen molar-refractivity contribution in [1.82, 2.24) is 19.4 Å². The van der Waals surface area contributed by atoms with Gasteiger partial charge < -0.3 is 33.8 Å². The van der Waals surface area contributed by atoms with Gasteiger partial charge in [0.25, 0.3) is 0 Å². The van der Waals surface area contributed by atoms with Gasteiger partial charge in [0.15, 0.2) is 11.7 Å². The van der Waals surface area contributed by atoms with Crippen LogP contribution in [0, 0.1) is 0 Å². The van der Waals surface area contributed by atoms with E-state index in [9.17, 15) is 24.3 Å². The second-order valence-electron chi connectivity index (χ2n) is 14.4. The molecule has 3 heterocycles. The van der Waals surface area contributed by atoms with Crippen LogP contribution in [0.4, 0.5) is 19.5 Å². The van der Waals surface area contributed by atoms with Crippen LogP contribution >= 0.6 is 11.3 Å². The van der Waals surface area contributed by atoms with E-state index in [-0.39, 0.29) is 30.6 Å². The number of ether oxygens (including phenoxy) is 4. The van der Waals surface area contributed by atoms with E-state index < -0.39 is 46.8 Å². The normalized spacial score (nSPS) is 13.6. The molecule has 0 saturated carbocycles. The van der Waals surface area contributed by atoms with Gasteiger partial charge >= 0.3 is 24.2 Å². The lowest BCUT2D eigenvalue weighted by atomic mass is 10.1. The number of thiazole rings is 1. The maximum absolute atomic E-state index is 13.5. The third-order valence-electron chi connectivity index (χ3n) is 6.51. The predicted octanol–water partition coefficient (Wildman–Crippen LogP) is 6.31. The molecule has 0 spiro atoms. The van der Waals surface area contributed by atoms with E-state index in [1.54, 1.807) is 91.5 Å². The second-order valence-corrected chi connectivity index (χ2v) is 15.3. The molecule has 51 heavy (non-hydrogen) atoms. The Balaban J connectivity index is 1.41. The molecule has 0 fully saturated rings. The van der Waals surface area contributed by atoms with Crippen molar-refractivity contribution in [3.8, 4) is 17.1 Å². The summed E-state index contributed by atoms with van der Waals surface area (Å²) in [5.74, 6) is -0.541. The Morgan fingerprint density at radius 3 is 2.12 bits per heavy atom. The first-order valence-corrected chi connectivity index (χ1v) is 17.0. The quantitative estimate of drug-likeness (QED) is 0.108. The molecule has 17 heteroatoms. The van der Waals surface area contributed by atoms with Crippen LogP contribution < -0.4 is 10.1 Å². The average molecular weight is 729 g/mol. The largest absolute Gasteiger partial charge is 0.490 e. The summed E-state index contributed by atoms with van der Waals surface area (Å²) in [6, 6.07) is 6.86. The highest BCUT2D eigenvalue weighted by Crippen LogP contribution is 2.30. The van der Waals surface area contributed by atoms with Gasteiger partial charge in [-0.2, -0.15) is 0 Å². The first-order chi connectivity index (χ1) is 23.7. The van der Waals surface area contributed by atoms with Gasteiger partial charge in [-0.25, -0.2) is 33.7 Å². The molecule has 1 aliphatic rings. The van der Waals surface area contributed by atoms with Gasteiger partial charge in [-0.3, -0.25) is 5.32 Å². The highest BCUT2D eigenvalue weighted by molar-refractivity contribution is 7.14. The number of rotatable bonds is 9. The number of oxime groups is 1. The van der Waals surface area contributed by atoms with E-state index in [4.69, 9.17) is 28.8 Å². The molecule has 2 amide bonds. The van der Waals surface area contributed by atoms with Gasteiger partial charge in [0.2, 0.25) is 5.71 Å². The third kappa shape index (κ3) is 11.2. The fourth-order valence-corrected chi connectivity index (χ4v) is 5.26. The maximum atomic E-state index is 13.5. The fraction of sp³-hybridized carbons (Fsp3) is 0.500. The summed E-state index contributed by atoms with van der Waals surface area (Å²) in [7, 11) is 0. The molecule has 2 aromatic heterocycles. The lowest BCUT2D eigenvalue weighted by Crippen LogP contribution is -2.41. The molecule has 0 aliphatic carbocycles. The van der Waals surface area contributed by atoms with Crippen molar-refractivity contribution >= 4 is 46.4 Å². The minimum Gasteiger partial charge on any atom is -0.490 e. The number of nitrogens with one attached hydrogen (secondary N) is 1. The van der Waals surface area contributed by atoms with Crippen molar-refractivity contribution in [3.05, 3.63) is 46.7 Å². The molecule has 0 unspecified atom stereocenters. The molecule has 0 bridgehead atoms. The average Bonchev–Trinajstić information content (AvgIpc) is 3.60. The molecule has 276 valence electrons. The van der Waals surface area contributed by atoms with Crippen molar-refractivity contribution in [2.24, 2.45) is 5.16 Å². The fourth-order valence-electron chi connectivity index (χ4n) is 4.58. The Hall–Kier alpha value is -5.19. The molecule has 1 aromatic carbocycles. The molecule has 16 nitrogen and oxygen atoms in total. The standard InChI is InChI=1S/C34H44N6O10S/c1-32(2,3)48-29(43)37-28-36-23(19-51-28)25(27(41)42)38-47-17-16-46-21-12-10-20(11-13-21)26-35-22-14-15-39(30(44)49-33(4,5)6)18-24(22)40(26)31(45)50-34(7,8)9/h10-13,19H,14-18H2,1-9H3,(H,41,42)(H,36,37,43). The smallest absolute Gasteiger partial charge is 0.420 e. The summed E-state index contributed by atoms with van der Waals surface area (Å²) in [4.78, 5) is 65.7. The maximum Gasteiger partial charge on any atom is 0.420 e. The lowest BCUT2D eigenvalue weighted by Gasteiger charge is -2.30. The Bertz CT molecular complexity index is 1780. The predicted molar refractivity (Wildman–Crippen MR) is 187 cm³/mol. The van der Waals surface area contributed by atoms with E-state index in [0.29, 0.717) is 41.5 Å². The number of benzene rings is 1. The van der Waals surface area contributed by atoms with Crippen molar-refractivity contribution < 1.29 is 48.1 Å². The number of fused-ring (bicyclic) bond motifs is 1. The van der Waals surface area contributed by atoms with Crippen molar-refractivity contribution in [2.75, 3.05) is 25.1 Å². The van der Waals surface area contributed by atoms with Crippen LogP contribution in [-0.2, 0) is 36.8 Å². The summed E-state index contributed by atoms with van der Waals surface area (Å²) in [5, 5.41) is 17.3. The molecule has 3 aromatic rings. The molecular weight excluding hydrogens is 684 g/mol. The highest BCUT2D eigenvalue weighted by Gasteiger charge is 2.33. The zero-order valence-electron chi connectivity index (χ0n) is 30.2. The summed E-state index contributed by atoms with van der Waals surface area (Å²) in [5.41, 5.74) is -0.775. The van der Waals surface area contributed by atoms with Gasteiger partial charge in [0, 0.05) is 23.9 Å². The number of anilines is 1.